The molecule has 2 atom stereocenters. The third-order valence-electron chi connectivity index (χ3n) is 13.3. The first kappa shape index (κ1) is 29.7. The summed E-state index contributed by atoms with van der Waals surface area (Å²) in [6, 6.07) is 9.34. The summed E-state index contributed by atoms with van der Waals surface area (Å²) in [6.45, 7) is 16.3. The summed E-state index contributed by atoms with van der Waals surface area (Å²) >= 11 is -6.23. The van der Waals surface area contributed by atoms with Gasteiger partial charge < -0.3 is 0 Å². The van der Waals surface area contributed by atoms with Gasteiger partial charge in [0.15, 0.2) is 0 Å². The Morgan fingerprint density at radius 1 is 0.550 bits per heavy atom. The van der Waals surface area contributed by atoms with E-state index in [1.165, 1.54) is 120 Å². The van der Waals surface area contributed by atoms with Crippen LogP contribution in [0.1, 0.15) is 130 Å². The third-order valence-corrected chi connectivity index (χ3v) is 65.9. The van der Waals surface area contributed by atoms with Gasteiger partial charge in [0.25, 0.3) is 0 Å². The van der Waals surface area contributed by atoms with Crippen LogP contribution in [0.15, 0.2) is 35.4 Å². The van der Waals surface area contributed by atoms with Crippen LogP contribution in [0.4, 0.5) is 0 Å². The number of hydrogen-bond acceptors (Lipinski definition) is 0. The monoisotopic (exact) mass is 670 g/mol. The molecule has 216 valence electrons. The Kier molecular flexibility index (Phi) is 6.55. The van der Waals surface area contributed by atoms with Gasteiger partial charge in [-0.3, -0.25) is 0 Å². The first-order valence-electron chi connectivity index (χ1n) is 16.1. The van der Waals surface area contributed by atoms with Crippen LogP contribution in [0.2, 0.25) is 7.25 Å². The Bertz CT molecular complexity index is 1500. The van der Waals surface area contributed by atoms with E-state index >= 15 is 0 Å². The molecule has 2 aromatic rings. The predicted molar refractivity (Wildman–Crippen MR) is 179 cm³/mol. The molecule has 0 bridgehead atoms. The molecule has 0 amide bonds. The van der Waals surface area contributed by atoms with Gasteiger partial charge in [-0.05, 0) is 0 Å². The van der Waals surface area contributed by atoms with E-state index in [4.69, 9.17) is 0 Å². The van der Waals surface area contributed by atoms with Crippen molar-refractivity contribution < 1.29 is 12.0 Å². The second kappa shape index (κ2) is 8.83. The molecule has 0 radical (unpaired) electrons. The molecule has 0 saturated heterocycles. The van der Waals surface area contributed by atoms with E-state index in [1.54, 1.807) is 0 Å². The van der Waals surface area contributed by atoms with Gasteiger partial charge in [0.2, 0.25) is 0 Å². The average Bonchev–Trinajstić information content (AvgIpc) is 3.51. The molecular weight excluding hydrogens is 623 g/mol. The summed E-state index contributed by atoms with van der Waals surface area (Å²) in [4.78, 5) is 0. The minimum atomic E-state index is -6.23. The number of halogens is 2. The molecule has 2 fully saturated rings. The van der Waals surface area contributed by atoms with E-state index < -0.39 is 12.0 Å². The van der Waals surface area contributed by atoms with Crippen molar-refractivity contribution in [1.29, 1.82) is 0 Å². The molecule has 2 saturated carbocycles. The maximum absolute atomic E-state index is 9.66. The van der Waals surface area contributed by atoms with Crippen molar-refractivity contribution in [1.82, 2.24) is 0 Å². The van der Waals surface area contributed by atoms with Crippen LogP contribution in [0.25, 0.3) is 12.2 Å². The Morgan fingerprint density at radius 2 is 0.875 bits per heavy atom. The van der Waals surface area contributed by atoms with Crippen molar-refractivity contribution in [3.8, 4) is 0 Å². The fourth-order valence-corrected chi connectivity index (χ4v) is 66.8. The molecular formula is C36H50Cl2SiZr. The Morgan fingerprint density at radius 3 is 1.23 bits per heavy atom. The molecule has 4 aliphatic carbocycles. The molecule has 0 N–H and O–H groups in total. The van der Waals surface area contributed by atoms with E-state index in [9.17, 15) is 17.0 Å². The van der Waals surface area contributed by atoms with Crippen molar-refractivity contribution in [3.05, 3.63) is 79.9 Å². The normalized spacial score (nSPS) is 26.6. The Balaban J connectivity index is 1.87. The second-order valence-corrected chi connectivity index (χ2v) is 73.2. The van der Waals surface area contributed by atoms with Gasteiger partial charge in [-0.2, -0.15) is 0 Å². The van der Waals surface area contributed by atoms with Crippen LogP contribution in [-0.4, -0.2) is 6.88 Å². The van der Waals surface area contributed by atoms with E-state index in [1.807, 2.05) is 0 Å². The molecule has 4 aliphatic rings. The van der Waals surface area contributed by atoms with Gasteiger partial charge in [0, 0.05) is 0 Å². The predicted octanol–water partition coefficient (Wildman–Crippen LogP) is 11.7. The van der Waals surface area contributed by atoms with Gasteiger partial charge in [0.1, 0.15) is 0 Å². The van der Waals surface area contributed by atoms with Crippen LogP contribution in [-0.2, 0) is 12.0 Å². The number of fused-ring (bicyclic) bond motifs is 2. The summed E-state index contributed by atoms with van der Waals surface area (Å²) in [5.41, 5.74) is 14.2. The molecule has 0 spiro atoms. The molecule has 2 unspecified atom stereocenters. The van der Waals surface area contributed by atoms with E-state index in [2.05, 4.69) is 84.8 Å². The van der Waals surface area contributed by atoms with Crippen LogP contribution < -0.4 is 0 Å². The molecule has 0 heterocycles. The van der Waals surface area contributed by atoms with Crippen molar-refractivity contribution in [2.75, 3.05) is 0 Å². The second-order valence-electron chi connectivity index (χ2n) is 15.4. The molecule has 0 aromatic heterocycles. The fraction of sp³-hybridized carbons (Fsp3) is 0.556. The van der Waals surface area contributed by atoms with Gasteiger partial charge in [-0.1, -0.05) is 0 Å². The molecule has 6 rings (SSSR count). The van der Waals surface area contributed by atoms with Gasteiger partial charge in [-0.25, -0.2) is 0 Å². The number of benzene rings is 2. The Labute approximate surface area is 246 Å². The summed E-state index contributed by atoms with van der Waals surface area (Å²) < 4.78 is 0.958. The topological polar surface area (TPSA) is 0 Å². The molecule has 0 nitrogen and oxygen atoms in total. The molecule has 2 aromatic carbocycles. The zero-order valence-electron chi connectivity index (χ0n) is 25.8. The molecule has 0 aliphatic heterocycles. The SMILES string of the molecule is CC1=Cc2c(C)ccc(C)c2[CH]1[Zr](=[SiH2])([Cl])([Cl])([CH]1CCCCC1)([CH]1CCCCC1)[CH]1C(C)=Cc2c(C)ccc(C)c21. The first-order chi connectivity index (χ1) is 18.7. The van der Waals surface area contributed by atoms with E-state index in [0.717, 1.165) is 0 Å². The first-order valence-corrected chi connectivity index (χ1v) is 34.1. The third kappa shape index (κ3) is 3.41. The van der Waals surface area contributed by atoms with Crippen LogP contribution >= 0.6 is 17.0 Å². The van der Waals surface area contributed by atoms with Gasteiger partial charge in [-0.15, -0.1) is 0 Å². The maximum atomic E-state index is 9.66. The minimum absolute atomic E-state index is 0.110. The van der Waals surface area contributed by atoms with Crippen LogP contribution in [0.5, 0.6) is 0 Å². The standard InChI is InChI=1S/2C12H13.2C6H11.2ClH.H2Si.Zr/c2*1-8-6-11-9(2)4-5-10(3)12(11)7-8;2*1-2-4-6-5-3-1;;;;/h2*4-7H,1-3H3;2*1H,2-6H2;2*1H;1H2;/q;;;;;;;+2/p-2. The van der Waals surface area contributed by atoms with Crippen LogP contribution in [0.3, 0.4) is 0 Å². The Hall–Kier alpha value is -0.400. The summed E-state index contributed by atoms with van der Waals surface area (Å²) in [5.74, 6) is 0. The van der Waals surface area contributed by atoms with Gasteiger partial charge in [0.05, 0.1) is 0 Å². The fourth-order valence-electron chi connectivity index (χ4n) is 11.8. The van der Waals surface area contributed by atoms with Gasteiger partial charge >= 0.3 is 248 Å². The van der Waals surface area contributed by atoms with E-state index in [-0.39, 0.29) is 7.25 Å². The van der Waals surface area contributed by atoms with Crippen molar-refractivity contribution in [3.63, 3.8) is 0 Å². The van der Waals surface area contributed by atoms with Crippen molar-refractivity contribution in [2.24, 2.45) is 0 Å². The number of hydrogen-bond donors (Lipinski definition) is 0. The average molecular weight is 673 g/mol. The summed E-state index contributed by atoms with van der Waals surface area (Å²) in [6.07, 6.45) is 17.4. The molecule has 4 heteroatoms. The van der Waals surface area contributed by atoms with Crippen molar-refractivity contribution in [2.45, 2.75) is 120 Å². The zero-order chi connectivity index (χ0) is 28.8. The quantitative estimate of drug-likeness (QED) is 0.284. The molecule has 40 heavy (non-hydrogen) atoms. The number of rotatable bonds is 4. The van der Waals surface area contributed by atoms with Crippen molar-refractivity contribution >= 4 is 36.1 Å². The zero-order valence-corrected chi connectivity index (χ0v) is 31.2. The van der Waals surface area contributed by atoms with Crippen LogP contribution in [0, 0.1) is 27.7 Å². The number of aryl methyl sites for hydroxylation is 4. The number of allylic oxidation sites excluding steroid dienone is 2. The van der Waals surface area contributed by atoms with E-state index in [0.29, 0.717) is 7.25 Å². The summed E-state index contributed by atoms with van der Waals surface area (Å²) in [5, 5.41) is 0. The summed E-state index contributed by atoms with van der Waals surface area (Å²) in [7, 11) is 19.3.